The zero-order valence-corrected chi connectivity index (χ0v) is 35.8. The highest BCUT2D eigenvalue weighted by molar-refractivity contribution is 7.09. The number of ether oxygens (including phenoxy) is 4. The number of carboxylic acids is 1. The lowest BCUT2D eigenvalue weighted by Gasteiger charge is -2.35. The molecule has 3 aliphatic carbocycles. The Morgan fingerprint density at radius 1 is 1.00 bits per heavy atom. The first-order valence-electron chi connectivity index (χ1n) is 21.0. The van der Waals surface area contributed by atoms with E-state index in [0.717, 1.165) is 35.4 Å². The minimum absolute atomic E-state index is 0.0900. The number of methoxy groups -OCH3 is 1. The average Bonchev–Trinajstić information content (AvgIpc) is 3.83. The molecule has 3 aromatic rings. The number of ketones is 1. The number of fused-ring (bicyclic) bond motifs is 2. The highest BCUT2D eigenvalue weighted by Gasteiger charge is 2.61. The zero-order chi connectivity index (χ0) is 41.5. The van der Waals surface area contributed by atoms with E-state index in [1.165, 1.54) is 6.42 Å². The van der Waals surface area contributed by atoms with Gasteiger partial charge >= 0.3 is 11.9 Å². The third-order valence-corrected chi connectivity index (χ3v) is 13.6. The van der Waals surface area contributed by atoms with Crippen LogP contribution in [0.4, 0.5) is 0 Å². The molecule has 58 heavy (non-hydrogen) atoms. The van der Waals surface area contributed by atoms with Crippen LogP contribution in [0.5, 0.6) is 11.5 Å². The van der Waals surface area contributed by atoms with Gasteiger partial charge in [-0.3, -0.25) is 19.2 Å². The van der Waals surface area contributed by atoms with Crippen LogP contribution in [0.15, 0.2) is 29.6 Å². The van der Waals surface area contributed by atoms with Crippen molar-refractivity contribution in [3.8, 4) is 22.9 Å². The number of carbonyl (C=O) groups excluding carboxylic acids is 3. The van der Waals surface area contributed by atoms with Gasteiger partial charge < -0.3 is 29.0 Å². The summed E-state index contributed by atoms with van der Waals surface area (Å²) in [4.78, 5) is 66.6. The Labute approximate surface area is 345 Å². The molecule has 2 aromatic heterocycles. The number of nitrogens with zero attached hydrogens (tertiary/aromatic N) is 3. The van der Waals surface area contributed by atoms with E-state index < -0.39 is 40.8 Å². The van der Waals surface area contributed by atoms with Crippen LogP contribution >= 0.6 is 11.3 Å². The lowest BCUT2D eigenvalue weighted by atomic mass is 9.77. The fourth-order valence-electron chi connectivity index (χ4n) is 9.24. The molecular formula is C45H59N3O9S. The number of hydrogen-bond acceptors (Lipinski definition) is 11. The van der Waals surface area contributed by atoms with Crippen LogP contribution in [0.3, 0.4) is 0 Å². The zero-order valence-electron chi connectivity index (χ0n) is 35.0. The van der Waals surface area contributed by atoms with E-state index in [2.05, 4.69) is 13.8 Å². The second kappa shape index (κ2) is 16.9. The number of carbonyl (C=O) groups is 4. The fourth-order valence-corrected chi connectivity index (χ4v) is 10.2. The number of aromatic nitrogens is 2. The number of likely N-dealkylation sites (tertiary alicyclic amines) is 1. The number of thiazole rings is 1. The number of amides is 1. The first-order chi connectivity index (χ1) is 27.6. The lowest BCUT2D eigenvalue weighted by molar-refractivity contribution is -0.157. The summed E-state index contributed by atoms with van der Waals surface area (Å²) in [5.41, 5.74) is 0.213. The van der Waals surface area contributed by atoms with Crippen LogP contribution < -0.4 is 9.47 Å². The maximum atomic E-state index is 14.8. The standard InChI is InChI=1S/C45H59N3O9S/c1-8-28-21-45(28,43(52)53)22-38(49)37-18-31(23-48(37)42(51)33(44(4,5)6)19-41(50)57-30-15-26-14-27(26)16-30)56-39-20-35(36-24-58-40(47-36)13-25(2)3)46-34-17-29(9-10-32(34)39)55-12-11-54-7/h9-10,17,20,24-28,30-31,33,37H,8,11-16,18-19,21-23H2,1-7H3,(H,52,53)/t26-,27+,28?,30?,31-,33-,37+,45-/m1/s1. The summed E-state index contributed by atoms with van der Waals surface area (Å²) in [5.74, 6) is 0.0197. The monoisotopic (exact) mass is 817 g/mol. The van der Waals surface area contributed by atoms with Crippen molar-refractivity contribution in [2.24, 2.45) is 40.4 Å². The Morgan fingerprint density at radius 2 is 1.76 bits per heavy atom. The molecule has 314 valence electrons. The molecule has 0 radical (unpaired) electrons. The predicted octanol–water partition coefficient (Wildman–Crippen LogP) is 7.78. The molecule has 8 atom stereocenters. The Kier molecular flexibility index (Phi) is 12.2. The van der Waals surface area contributed by atoms with Crippen molar-refractivity contribution >= 4 is 45.9 Å². The summed E-state index contributed by atoms with van der Waals surface area (Å²) in [6.45, 7) is 12.9. The van der Waals surface area contributed by atoms with E-state index in [9.17, 15) is 24.3 Å². The second-order valence-corrected chi connectivity index (χ2v) is 19.6. The van der Waals surface area contributed by atoms with Gasteiger partial charge in [0.25, 0.3) is 0 Å². The topological polar surface area (TPSA) is 154 Å². The Balaban J connectivity index is 1.19. The van der Waals surface area contributed by atoms with E-state index in [1.54, 1.807) is 23.3 Å². The van der Waals surface area contributed by atoms with Gasteiger partial charge in [0, 0.05) is 49.3 Å². The number of carboxylic acid groups (broad SMARTS) is 1. The van der Waals surface area contributed by atoms with Gasteiger partial charge in [-0.1, -0.05) is 48.0 Å². The molecule has 4 fully saturated rings. The summed E-state index contributed by atoms with van der Waals surface area (Å²) in [5, 5.41) is 14.0. The van der Waals surface area contributed by atoms with Crippen molar-refractivity contribution in [3.05, 3.63) is 34.7 Å². The molecular weight excluding hydrogens is 759 g/mol. The minimum atomic E-state index is -1.13. The molecule has 2 unspecified atom stereocenters. The van der Waals surface area contributed by atoms with Crippen LogP contribution in [0.2, 0.25) is 0 Å². The van der Waals surface area contributed by atoms with Crippen LogP contribution in [-0.4, -0.2) is 88.7 Å². The number of hydrogen-bond donors (Lipinski definition) is 1. The van der Waals surface area contributed by atoms with Crippen molar-refractivity contribution in [2.75, 3.05) is 26.9 Å². The van der Waals surface area contributed by atoms with E-state index in [4.69, 9.17) is 28.9 Å². The van der Waals surface area contributed by atoms with E-state index in [-0.39, 0.29) is 49.5 Å². The smallest absolute Gasteiger partial charge is 0.310 e. The largest absolute Gasteiger partial charge is 0.491 e. The van der Waals surface area contributed by atoms with Crippen molar-refractivity contribution < 1.29 is 43.2 Å². The molecule has 0 bridgehead atoms. The summed E-state index contributed by atoms with van der Waals surface area (Å²) in [6.07, 6.45) is 4.09. The minimum Gasteiger partial charge on any atom is -0.491 e. The molecule has 0 spiro atoms. The molecule has 4 aliphatic rings. The van der Waals surface area contributed by atoms with Gasteiger partial charge in [-0.05, 0) is 66.9 Å². The maximum absolute atomic E-state index is 14.8. The van der Waals surface area contributed by atoms with E-state index in [0.29, 0.717) is 66.5 Å². The number of aliphatic carboxylic acids is 1. The SMILES string of the molecule is CCC1C[C@]1(CC(=O)[C@@H]1C[C@@H](Oc2cc(-c3csc(CC(C)C)n3)nc3cc(OCCOC)ccc23)CN1C(=O)[C@@H](CC(=O)OC1C[C@@H]2C[C@@H]2C1)C(C)(C)C)C(=O)O. The molecule has 1 amide bonds. The van der Waals surface area contributed by atoms with Gasteiger partial charge in [-0.25, -0.2) is 9.97 Å². The third-order valence-electron chi connectivity index (χ3n) is 12.8. The van der Waals surface area contributed by atoms with Crippen molar-refractivity contribution in [1.29, 1.82) is 0 Å². The van der Waals surface area contributed by atoms with Crippen molar-refractivity contribution in [3.63, 3.8) is 0 Å². The third kappa shape index (κ3) is 9.20. The van der Waals surface area contributed by atoms with E-state index >= 15 is 0 Å². The molecule has 3 saturated carbocycles. The van der Waals surface area contributed by atoms with Crippen molar-refractivity contribution in [1.82, 2.24) is 14.9 Å². The summed E-state index contributed by atoms with van der Waals surface area (Å²) < 4.78 is 23.8. The maximum Gasteiger partial charge on any atom is 0.310 e. The molecule has 1 aliphatic heterocycles. The van der Waals surface area contributed by atoms with Gasteiger partial charge in [-0.2, -0.15) is 0 Å². The van der Waals surface area contributed by atoms with Gasteiger partial charge in [0.1, 0.15) is 30.3 Å². The Hall–Kier alpha value is -4.10. The lowest BCUT2D eigenvalue weighted by Crippen LogP contribution is -2.48. The quantitative estimate of drug-likeness (QED) is 0.0989. The highest BCUT2D eigenvalue weighted by atomic mass is 32.1. The Bertz CT molecular complexity index is 2010. The number of benzene rings is 1. The summed E-state index contributed by atoms with van der Waals surface area (Å²) in [7, 11) is 1.62. The molecule has 13 heteroatoms. The number of Topliss-reactive ketones (excluding diaryl/α,β-unsaturated/α-hetero) is 1. The summed E-state index contributed by atoms with van der Waals surface area (Å²) in [6, 6.07) is 6.53. The fraction of sp³-hybridized carbons (Fsp3) is 0.644. The molecule has 7 rings (SSSR count). The first-order valence-corrected chi connectivity index (χ1v) is 21.9. The van der Waals surface area contributed by atoms with Crippen LogP contribution in [-0.2, 0) is 35.1 Å². The number of rotatable bonds is 18. The molecule has 12 nitrogen and oxygen atoms in total. The van der Waals surface area contributed by atoms with Gasteiger partial charge in [0.05, 0.1) is 58.9 Å². The molecule has 3 heterocycles. The normalized spacial score (nSPS) is 26.7. The number of pyridine rings is 1. The van der Waals surface area contributed by atoms with Crippen molar-refractivity contribution in [2.45, 2.75) is 118 Å². The van der Waals surface area contributed by atoms with Crippen LogP contribution in [0.1, 0.15) is 97.9 Å². The molecule has 1 aromatic carbocycles. The first kappa shape index (κ1) is 42.0. The van der Waals surface area contributed by atoms with Crippen LogP contribution in [0, 0.1) is 40.4 Å². The number of esters is 1. The second-order valence-electron chi connectivity index (χ2n) is 18.6. The predicted molar refractivity (Wildman–Crippen MR) is 220 cm³/mol. The highest BCUT2D eigenvalue weighted by Crippen LogP contribution is 2.58. The summed E-state index contributed by atoms with van der Waals surface area (Å²) >= 11 is 1.59. The Morgan fingerprint density at radius 3 is 2.41 bits per heavy atom. The van der Waals surface area contributed by atoms with Gasteiger partial charge in [0.15, 0.2) is 5.78 Å². The van der Waals surface area contributed by atoms with Gasteiger partial charge in [0.2, 0.25) is 5.91 Å². The molecule has 1 N–H and O–H groups in total. The average molecular weight is 818 g/mol. The van der Waals surface area contributed by atoms with E-state index in [1.807, 2.05) is 57.3 Å². The van der Waals surface area contributed by atoms with Gasteiger partial charge in [-0.15, -0.1) is 11.3 Å². The van der Waals surface area contributed by atoms with Crippen LogP contribution in [0.25, 0.3) is 22.3 Å². The molecule has 1 saturated heterocycles.